The molecule has 0 spiro atoms. The van der Waals surface area contributed by atoms with E-state index in [-0.39, 0.29) is 11.5 Å². The second-order valence-electron chi connectivity index (χ2n) is 6.69. The van der Waals surface area contributed by atoms with Crippen LogP contribution in [0.4, 0.5) is 5.82 Å². The molecule has 0 saturated carbocycles. The van der Waals surface area contributed by atoms with Gasteiger partial charge in [-0.25, -0.2) is 4.98 Å². The first-order valence-electron chi connectivity index (χ1n) is 8.23. The molecule has 2 unspecified atom stereocenters. The lowest BCUT2D eigenvalue weighted by atomic mass is 9.90. The van der Waals surface area contributed by atoms with Gasteiger partial charge in [0.1, 0.15) is 11.6 Å². The van der Waals surface area contributed by atoms with Crippen molar-refractivity contribution >= 4 is 5.82 Å². The Labute approximate surface area is 126 Å². The van der Waals surface area contributed by atoms with Crippen molar-refractivity contribution in [3.8, 4) is 0 Å². The van der Waals surface area contributed by atoms with Crippen LogP contribution in [-0.4, -0.2) is 35.6 Å². The Morgan fingerprint density at radius 1 is 1.33 bits per heavy atom. The quantitative estimate of drug-likeness (QED) is 0.892. The van der Waals surface area contributed by atoms with Crippen LogP contribution in [0, 0.1) is 5.92 Å². The fourth-order valence-corrected chi connectivity index (χ4v) is 3.56. The lowest BCUT2D eigenvalue weighted by Gasteiger charge is -2.36. The Bertz CT molecular complexity index is 533. The number of nitrogens with one attached hydrogen (secondary N) is 2. The summed E-state index contributed by atoms with van der Waals surface area (Å²) in [5.41, 5.74) is -0.0372. The largest absolute Gasteiger partial charge is 0.356 e. The van der Waals surface area contributed by atoms with E-state index >= 15 is 0 Å². The van der Waals surface area contributed by atoms with Gasteiger partial charge in [-0.05, 0) is 38.1 Å². The van der Waals surface area contributed by atoms with Crippen LogP contribution in [0.3, 0.4) is 0 Å². The van der Waals surface area contributed by atoms with E-state index in [1.54, 1.807) is 6.07 Å². The number of hydrogen-bond acceptors (Lipinski definition) is 4. The standard InChI is InChI=1S/C16H26N4O/c1-11(2)16-18-14(9-15(21)19-16)20-8-4-5-12(10-20)13-6-3-7-17-13/h9,11-13,17H,3-8,10H2,1-2H3,(H,18,19,21). The molecule has 0 aliphatic carbocycles. The molecule has 0 aromatic carbocycles. The zero-order valence-corrected chi connectivity index (χ0v) is 13.1. The monoisotopic (exact) mass is 290 g/mol. The molecule has 2 N–H and O–H groups in total. The lowest BCUT2D eigenvalue weighted by molar-refractivity contribution is 0.327. The number of hydrogen-bond donors (Lipinski definition) is 2. The van der Waals surface area contributed by atoms with Crippen molar-refractivity contribution in [2.24, 2.45) is 5.92 Å². The first kappa shape index (κ1) is 14.6. The zero-order chi connectivity index (χ0) is 14.8. The Morgan fingerprint density at radius 3 is 2.90 bits per heavy atom. The molecule has 3 rings (SSSR count). The third kappa shape index (κ3) is 3.28. The molecule has 2 saturated heterocycles. The van der Waals surface area contributed by atoms with Crippen molar-refractivity contribution in [2.75, 3.05) is 24.5 Å². The van der Waals surface area contributed by atoms with Crippen molar-refractivity contribution in [3.05, 3.63) is 22.2 Å². The van der Waals surface area contributed by atoms with Crippen LogP contribution >= 0.6 is 0 Å². The maximum absolute atomic E-state index is 11.9. The van der Waals surface area contributed by atoms with Crippen molar-refractivity contribution in [2.45, 2.75) is 51.5 Å². The van der Waals surface area contributed by atoms with Crippen molar-refractivity contribution in [1.82, 2.24) is 15.3 Å². The third-order valence-electron chi connectivity index (χ3n) is 4.74. The van der Waals surface area contributed by atoms with Gasteiger partial charge in [-0.1, -0.05) is 13.8 Å². The summed E-state index contributed by atoms with van der Waals surface area (Å²) in [7, 11) is 0. The van der Waals surface area contributed by atoms with Gasteiger partial charge in [0.2, 0.25) is 0 Å². The first-order valence-corrected chi connectivity index (χ1v) is 8.23. The SMILES string of the molecule is CC(C)c1nc(N2CCCC(C3CCCN3)C2)cc(=O)[nH]1. The summed E-state index contributed by atoms with van der Waals surface area (Å²) < 4.78 is 0. The van der Waals surface area contributed by atoms with Gasteiger partial charge in [-0.3, -0.25) is 4.79 Å². The van der Waals surface area contributed by atoms with Crippen LogP contribution in [0.2, 0.25) is 0 Å². The topological polar surface area (TPSA) is 61.0 Å². The van der Waals surface area contributed by atoms with Gasteiger partial charge in [0.25, 0.3) is 5.56 Å². The van der Waals surface area contributed by atoms with E-state index in [1.165, 1.54) is 25.7 Å². The van der Waals surface area contributed by atoms with Gasteiger partial charge in [-0.15, -0.1) is 0 Å². The molecule has 2 aliphatic rings. The molecule has 1 aromatic rings. The molecule has 2 atom stereocenters. The summed E-state index contributed by atoms with van der Waals surface area (Å²) in [5, 5.41) is 3.62. The van der Waals surface area contributed by atoms with Crippen LogP contribution in [0.25, 0.3) is 0 Å². The van der Waals surface area contributed by atoms with Gasteiger partial charge >= 0.3 is 0 Å². The number of nitrogens with zero attached hydrogens (tertiary/aromatic N) is 2. The van der Waals surface area contributed by atoms with E-state index in [0.29, 0.717) is 12.0 Å². The van der Waals surface area contributed by atoms with E-state index in [0.717, 1.165) is 31.3 Å². The highest BCUT2D eigenvalue weighted by molar-refractivity contribution is 5.38. The average molecular weight is 290 g/mol. The van der Waals surface area contributed by atoms with Crippen molar-refractivity contribution < 1.29 is 0 Å². The molecule has 0 radical (unpaired) electrons. The number of H-pyrrole nitrogens is 1. The fraction of sp³-hybridized carbons (Fsp3) is 0.750. The molecule has 5 heteroatoms. The molecule has 0 amide bonds. The molecule has 116 valence electrons. The fourth-order valence-electron chi connectivity index (χ4n) is 3.56. The highest BCUT2D eigenvalue weighted by atomic mass is 16.1. The lowest BCUT2D eigenvalue weighted by Crippen LogP contribution is -2.44. The summed E-state index contributed by atoms with van der Waals surface area (Å²) in [6, 6.07) is 2.30. The molecule has 21 heavy (non-hydrogen) atoms. The minimum Gasteiger partial charge on any atom is -0.356 e. The average Bonchev–Trinajstić information content (AvgIpc) is 3.01. The minimum absolute atomic E-state index is 0.0372. The summed E-state index contributed by atoms with van der Waals surface area (Å²) in [5.74, 6) is 2.57. The van der Waals surface area contributed by atoms with Crippen LogP contribution in [0.5, 0.6) is 0 Å². The van der Waals surface area contributed by atoms with E-state index in [2.05, 4.69) is 34.0 Å². The molecule has 1 aromatic heterocycles. The maximum atomic E-state index is 11.9. The highest BCUT2D eigenvalue weighted by Gasteiger charge is 2.29. The molecule has 2 fully saturated rings. The predicted molar refractivity (Wildman–Crippen MR) is 84.9 cm³/mol. The number of anilines is 1. The molecule has 5 nitrogen and oxygen atoms in total. The minimum atomic E-state index is -0.0372. The summed E-state index contributed by atoms with van der Waals surface area (Å²) in [4.78, 5) is 21.7. The molecular weight excluding hydrogens is 264 g/mol. The van der Waals surface area contributed by atoms with Crippen molar-refractivity contribution in [3.63, 3.8) is 0 Å². The predicted octanol–water partition coefficient (Wildman–Crippen LogP) is 1.86. The van der Waals surface area contributed by atoms with Gasteiger partial charge in [-0.2, -0.15) is 0 Å². The first-order chi connectivity index (χ1) is 10.1. The van der Waals surface area contributed by atoms with Gasteiger partial charge in [0.05, 0.1) is 0 Å². The zero-order valence-electron chi connectivity index (χ0n) is 13.1. The summed E-state index contributed by atoms with van der Waals surface area (Å²) in [6.07, 6.45) is 5.06. The molecule has 2 aliphatic heterocycles. The second kappa shape index (κ2) is 6.18. The second-order valence-corrected chi connectivity index (χ2v) is 6.69. The van der Waals surface area contributed by atoms with E-state index in [1.807, 2.05) is 0 Å². The smallest absolute Gasteiger partial charge is 0.252 e. The van der Waals surface area contributed by atoms with Gasteiger partial charge in [0, 0.05) is 31.1 Å². The number of piperidine rings is 1. The Balaban J connectivity index is 1.78. The highest BCUT2D eigenvalue weighted by Crippen LogP contribution is 2.27. The Morgan fingerprint density at radius 2 is 2.19 bits per heavy atom. The number of aromatic nitrogens is 2. The summed E-state index contributed by atoms with van der Waals surface area (Å²) in [6.45, 7) is 7.30. The number of rotatable bonds is 3. The summed E-state index contributed by atoms with van der Waals surface area (Å²) >= 11 is 0. The maximum Gasteiger partial charge on any atom is 0.252 e. The normalized spacial score (nSPS) is 26.5. The molecular formula is C16H26N4O. The van der Waals surface area contributed by atoms with E-state index < -0.39 is 0 Å². The Hall–Kier alpha value is -1.36. The van der Waals surface area contributed by atoms with Crippen LogP contribution in [0.15, 0.2) is 10.9 Å². The van der Waals surface area contributed by atoms with E-state index in [9.17, 15) is 4.79 Å². The molecule has 0 bridgehead atoms. The van der Waals surface area contributed by atoms with Crippen LogP contribution in [0.1, 0.15) is 51.3 Å². The van der Waals surface area contributed by atoms with Crippen LogP contribution < -0.4 is 15.8 Å². The molecule has 3 heterocycles. The van der Waals surface area contributed by atoms with Gasteiger partial charge < -0.3 is 15.2 Å². The van der Waals surface area contributed by atoms with Gasteiger partial charge in [0.15, 0.2) is 0 Å². The Kier molecular flexibility index (Phi) is 4.29. The third-order valence-corrected chi connectivity index (χ3v) is 4.74. The van der Waals surface area contributed by atoms with E-state index in [4.69, 9.17) is 0 Å². The van der Waals surface area contributed by atoms with Crippen molar-refractivity contribution in [1.29, 1.82) is 0 Å². The van der Waals surface area contributed by atoms with Crippen LogP contribution in [-0.2, 0) is 0 Å². The number of aromatic amines is 1.